The Morgan fingerprint density at radius 1 is 1.49 bits per heavy atom. The number of thioether (sulfide) groups is 1. The van der Waals surface area contributed by atoms with Crippen molar-refractivity contribution >= 4 is 45.6 Å². The van der Waals surface area contributed by atoms with Gasteiger partial charge in [-0.15, -0.1) is 28.1 Å². The molecule has 2 atom stereocenters. The van der Waals surface area contributed by atoms with Crippen LogP contribution in [0, 0.1) is 24.2 Å². The number of nitrogens with zero attached hydrogens (tertiary/aromatic N) is 4. The lowest BCUT2D eigenvalue weighted by atomic mass is 9.86. The number of halogens is 1. The van der Waals surface area contributed by atoms with Gasteiger partial charge in [0.2, 0.25) is 5.91 Å². The Labute approximate surface area is 230 Å². The third-order valence-corrected chi connectivity index (χ3v) is 9.07. The van der Waals surface area contributed by atoms with Crippen LogP contribution in [0.5, 0.6) is 5.75 Å². The Morgan fingerprint density at radius 3 is 3.00 bits per heavy atom. The van der Waals surface area contributed by atoms with Crippen LogP contribution in [0.3, 0.4) is 0 Å². The minimum absolute atomic E-state index is 0.145. The molecular weight excluding hydrogens is 526 g/mol. The zero-order chi connectivity index (χ0) is 26.5. The van der Waals surface area contributed by atoms with Gasteiger partial charge < -0.3 is 10.1 Å². The monoisotopic (exact) mass is 555 g/mol. The Balaban J connectivity index is 1.43. The van der Waals surface area contributed by atoms with E-state index in [4.69, 9.17) is 16.3 Å². The number of thiophene rings is 1. The number of nitrogens with one attached hydrogen (secondary N) is 1. The van der Waals surface area contributed by atoms with Gasteiger partial charge in [-0.3, -0.25) is 9.36 Å². The van der Waals surface area contributed by atoms with Crippen LogP contribution in [0.4, 0.5) is 5.00 Å². The van der Waals surface area contributed by atoms with Gasteiger partial charge in [0.1, 0.15) is 16.8 Å². The number of anilines is 1. The molecule has 1 aromatic carbocycles. The number of fused-ring (bicyclic) bond motifs is 1. The normalized spacial score (nSPS) is 15.5. The number of hydrogen-bond donors (Lipinski definition) is 1. The van der Waals surface area contributed by atoms with E-state index in [1.807, 2.05) is 30.5 Å². The molecule has 0 spiro atoms. The fourth-order valence-corrected chi connectivity index (χ4v) is 6.66. The van der Waals surface area contributed by atoms with Crippen molar-refractivity contribution in [3.8, 4) is 11.8 Å². The van der Waals surface area contributed by atoms with Crippen LogP contribution in [0.1, 0.15) is 60.2 Å². The summed E-state index contributed by atoms with van der Waals surface area (Å²) in [7, 11) is 0. The molecule has 194 valence electrons. The number of carbonyl (C=O) groups is 1. The molecule has 3 aromatic rings. The molecule has 37 heavy (non-hydrogen) atoms. The van der Waals surface area contributed by atoms with Crippen molar-refractivity contribution in [3.05, 3.63) is 63.3 Å². The first kappa shape index (κ1) is 27.2. The Bertz CT molecular complexity index is 1340. The summed E-state index contributed by atoms with van der Waals surface area (Å²) in [5.41, 5.74) is 2.66. The quantitative estimate of drug-likeness (QED) is 0.220. The van der Waals surface area contributed by atoms with Crippen molar-refractivity contribution in [1.29, 1.82) is 5.26 Å². The standard InChI is InChI=1S/C27H30ClN5O2S2/c1-5-11-33-25(17(4)35-19-8-10-22(28)16(3)12-19)31-32-27(33)36-15-24(34)30-26-21(14-29)20-9-7-18(6-2)13-23(20)37-26/h5,8,10,12,17-18H,1,6-7,9,11,13,15H2,2-4H3,(H,30,34). The van der Waals surface area contributed by atoms with Crippen molar-refractivity contribution < 1.29 is 9.53 Å². The molecule has 0 radical (unpaired) electrons. The van der Waals surface area contributed by atoms with Crippen LogP contribution >= 0.6 is 34.7 Å². The van der Waals surface area contributed by atoms with Crippen LogP contribution in [0.2, 0.25) is 5.02 Å². The number of benzene rings is 1. The van der Waals surface area contributed by atoms with Gasteiger partial charge in [-0.25, -0.2) is 0 Å². The van der Waals surface area contributed by atoms with Gasteiger partial charge >= 0.3 is 0 Å². The number of hydrogen-bond acceptors (Lipinski definition) is 7. The van der Waals surface area contributed by atoms with Gasteiger partial charge in [-0.2, -0.15) is 5.26 Å². The topological polar surface area (TPSA) is 92.8 Å². The van der Waals surface area contributed by atoms with Crippen molar-refractivity contribution in [2.24, 2.45) is 5.92 Å². The molecular formula is C27H30ClN5O2S2. The second kappa shape index (κ2) is 12.2. The second-order valence-corrected chi connectivity index (χ2v) is 11.5. The molecule has 2 heterocycles. The highest BCUT2D eigenvalue weighted by atomic mass is 35.5. The molecule has 1 aliphatic rings. The van der Waals surface area contributed by atoms with E-state index in [0.717, 1.165) is 36.8 Å². The first-order valence-corrected chi connectivity index (χ1v) is 14.5. The maximum absolute atomic E-state index is 12.8. The van der Waals surface area contributed by atoms with Crippen LogP contribution in [-0.4, -0.2) is 26.4 Å². The number of rotatable bonds is 10. The molecule has 10 heteroatoms. The summed E-state index contributed by atoms with van der Waals surface area (Å²) in [5, 5.41) is 23.3. The summed E-state index contributed by atoms with van der Waals surface area (Å²) in [6.07, 6.45) is 5.50. The molecule has 0 saturated carbocycles. The van der Waals surface area contributed by atoms with Crippen LogP contribution < -0.4 is 10.1 Å². The number of aromatic nitrogens is 3. The molecule has 0 bridgehead atoms. The van der Waals surface area contributed by atoms with E-state index in [1.165, 1.54) is 16.6 Å². The minimum Gasteiger partial charge on any atom is -0.483 e. The van der Waals surface area contributed by atoms with Crippen molar-refractivity contribution in [2.45, 2.75) is 64.3 Å². The fraction of sp³-hybridized carbons (Fsp3) is 0.407. The lowest BCUT2D eigenvalue weighted by Gasteiger charge is -2.20. The van der Waals surface area contributed by atoms with E-state index in [-0.39, 0.29) is 17.8 Å². The number of ether oxygens (including phenoxy) is 1. The van der Waals surface area contributed by atoms with Crippen molar-refractivity contribution in [2.75, 3.05) is 11.1 Å². The zero-order valence-corrected chi connectivity index (χ0v) is 23.6. The summed E-state index contributed by atoms with van der Waals surface area (Å²) in [6.45, 7) is 10.4. The van der Waals surface area contributed by atoms with E-state index in [2.05, 4.69) is 35.1 Å². The molecule has 7 nitrogen and oxygen atoms in total. The van der Waals surface area contributed by atoms with Gasteiger partial charge in [0, 0.05) is 16.4 Å². The summed E-state index contributed by atoms with van der Waals surface area (Å²) in [5.74, 6) is 1.94. The number of allylic oxidation sites excluding steroid dienone is 1. The highest BCUT2D eigenvalue weighted by molar-refractivity contribution is 7.99. The van der Waals surface area contributed by atoms with Gasteiger partial charge in [-0.05, 0) is 68.4 Å². The van der Waals surface area contributed by atoms with E-state index >= 15 is 0 Å². The number of carbonyl (C=O) groups excluding carboxylic acids is 1. The van der Waals surface area contributed by atoms with E-state index in [9.17, 15) is 10.1 Å². The van der Waals surface area contributed by atoms with Crippen LogP contribution in [0.15, 0.2) is 36.0 Å². The lowest BCUT2D eigenvalue weighted by molar-refractivity contribution is -0.113. The molecule has 2 aromatic heterocycles. The Kier molecular flexibility index (Phi) is 8.95. The van der Waals surface area contributed by atoms with E-state index in [1.54, 1.807) is 23.5 Å². The molecule has 4 rings (SSSR count). The Hall–Kier alpha value is -2.80. The molecule has 1 amide bonds. The second-order valence-electron chi connectivity index (χ2n) is 9.08. The summed E-state index contributed by atoms with van der Waals surface area (Å²) in [6, 6.07) is 7.82. The number of nitriles is 1. The smallest absolute Gasteiger partial charge is 0.235 e. The highest BCUT2D eigenvalue weighted by Crippen LogP contribution is 2.40. The molecule has 2 unspecified atom stereocenters. The summed E-state index contributed by atoms with van der Waals surface area (Å²) >= 11 is 8.96. The average Bonchev–Trinajstić information content (AvgIpc) is 3.44. The third-order valence-electron chi connectivity index (χ3n) is 6.50. The zero-order valence-electron chi connectivity index (χ0n) is 21.2. The summed E-state index contributed by atoms with van der Waals surface area (Å²) < 4.78 is 7.98. The predicted octanol–water partition coefficient (Wildman–Crippen LogP) is 6.74. The molecule has 0 aliphatic heterocycles. The first-order valence-electron chi connectivity index (χ1n) is 12.3. The van der Waals surface area contributed by atoms with Crippen molar-refractivity contribution in [3.63, 3.8) is 0 Å². The van der Waals surface area contributed by atoms with Crippen LogP contribution in [-0.2, 0) is 24.2 Å². The minimum atomic E-state index is -0.376. The maximum Gasteiger partial charge on any atom is 0.235 e. The van der Waals surface area contributed by atoms with Gasteiger partial charge in [-0.1, -0.05) is 42.8 Å². The lowest BCUT2D eigenvalue weighted by Crippen LogP contribution is -2.15. The molecule has 1 N–H and O–H groups in total. The van der Waals surface area contributed by atoms with Crippen LogP contribution in [0.25, 0.3) is 0 Å². The van der Waals surface area contributed by atoms with Gasteiger partial charge in [0.15, 0.2) is 17.1 Å². The average molecular weight is 556 g/mol. The largest absolute Gasteiger partial charge is 0.483 e. The molecule has 0 fully saturated rings. The molecule has 1 aliphatic carbocycles. The van der Waals surface area contributed by atoms with E-state index in [0.29, 0.717) is 44.8 Å². The predicted molar refractivity (Wildman–Crippen MR) is 150 cm³/mol. The first-order chi connectivity index (χ1) is 17.8. The third kappa shape index (κ3) is 6.20. The molecule has 0 saturated heterocycles. The number of aryl methyl sites for hydroxylation is 1. The van der Waals surface area contributed by atoms with Gasteiger partial charge in [0.25, 0.3) is 0 Å². The maximum atomic E-state index is 12.8. The fourth-order valence-electron chi connectivity index (χ4n) is 4.46. The highest BCUT2D eigenvalue weighted by Gasteiger charge is 2.26. The van der Waals surface area contributed by atoms with Crippen molar-refractivity contribution in [1.82, 2.24) is 14.8 Å². The van der Waals surface area contributed by atoms with Gasteiger partial charge in [0.05, 0.1) is 11.3 Å². The number of amides is 1. The summed E-state index contributed by atoms with van der Waals surface area (Å²) in [4.78, 5) is 14.1. The van der Waals surface area contributed by atoms with E-state index < -0.39 is 0 Å². The SMILES string of the molecule is C=CCn1c(SCC(=O)Nc2sc3c(c2C#N)CCC(CC)C3)nnc1C(C)Oc1ccc(Cl)c(C)c1. The Morgan fingerprint density at radius 2 is 2.30 bits per heavy atom.